The lowest BCUT2D eigenvalue weighted by molar-refractivity contribution is -0.117. The van der Waals surface area contributed by atoms with Crippen molar-refractivity contribution >= 4 is 11.6 Å². The molecule has 0 fully saturated rings. The number of alkyl halides is 1. The molecular weight excluding hydrogens is 193 g/mol. The van der Waals surface area contributed by atoms with Gasteiger partial charge in [0.15, 0.2) is 0 Å². The van der Waals surface area contributed by atoms with E-state index in [1.54, 1.807) is 12.1 Å². The summed E-state index contributed by atoms with van der Waals surface area (Å²) in [6.07, 6.45) is 0.128. The van der Waals surface area contributed by atoms with Crippen molar-refractivity contribution in [2.75, 3.05) is 5.32 Å². The number of hydrogen-bond donors (Lipinski definition) is 1. The van der Waals surface area contributed by atoms with Gasteiger partial charge in [0.25, 0.3) is 0 Å². The molecule has 0 radical (unpaired) electrons. The summed E-state index contributed by atoms with van der Waals surface area (Å²) in [6.45, 7) is 1.90. The molecule has 0 spiro atoms. The summed E-state index contributed by atoms with van der Waals surface area (Å²) in [7, 11) is 0. The lowest BCUT2D eigenvalue weighted by Crippen LogP contribution is -2.16. The Labute approximate surface area is 89.5 Å². The molecule has 1 aromatic rings. The second kappa shape index (κ2) is 6.17. The topological polar surface area (TPSA) is 29.1 Å². The average molecular weight is 209 g/mol. The Morgan fingerprint density at radius 2 is 2.07 bits per heavy atom. The molecule has 15 heavy (non-hydrogen) atoms. The van der Waals surface area contributed by atoms with Gasteiger partial charge in [-0.15, -0.1) is 0 Å². The van der Waals surface area contributed by atoms with Crippen molar-refractivity contribution in [1.82, 2.24) is 0 Å². The second-order valence-electron chi connectivity index (χ2n) is 3.50. The smallest absolute Gasteiger partial charge is 0.227 e. The second-order valence-corrected chi connectivity index (χ2v) is 3.50. The first-order chi connectivity index (χ1) is 7.22. The number of carbonyl (C=O) groups excluding carboxylic acids is 1. The van der Waals surface area contributed by atoms with E-state index in [1.807, 2.05) is 25.1 Å². The Kier molecular flexibility index (Phi) is 4.81. The highest BCUT2D eigenvalue weighted by Crippen LogP contribution is 2.10. The number of para-hydroxylation sites is 1. The number of halogens is 1. The molecule has 0 aliphatic heterocycles. The van der Waals surface area contributed by atoms with E-state index in [0.717, 1.165) is 6.42 Å². The normalized spacial score (nSPS) is 12.1. The molecule has 1 amide bonds. The summed E-state index contributed by atoms with van der Waals surface area (Å²) in [4.78, 5) is 11.3. The van der Waals surface area contributed by atoms with Crippen molar-refractivity contribution < 1.29 is 9.18 Å². The van der Waals surface area contributed by atoms with E-state index in [0.29, 0.717) is 12.1 Å². The average Bonchev–Trinajstić information content (AvgIpc) is 2.19. The molecule has 0 saturated heterocycles. The van der Waals surface area contributed by atoms with Crippen LogP contribution in [0.3, 0.4) is 0 Å². The number of hydrogen-bond acceptors (Lipinski definition) is 1. The third kappa shape index (κ3) is 4.58. The highest BCUT2D eigenvalue weighted by molar-refractivity contribution is 5.90. The Hall–Kier alpha value is -1.38. The summed E-state index contributed by atoms with van der Waals surface area (Å²) >= 11 is 0. The molecule has 1 aromatic carbocycles. The van der Waals surface area contributed by atoms with Gasteiger partial charge in [0, 0.05) is 5.69 Å². The van der Waals surface area contributed by atoms with Crippen LogP contribution in [0.2, 0.25) is 0 Å². The van der Waals surface area contributed by atoms with Crippen LogP contribution in [0.5, 0.6) is 0 Å². The number of amides is 1. The van der Waals surface area contributed by atoms with Crippen molar-refractivity contribution in [3.8, 4) is 0 Å². The monoisotopic (exact) mass is 209 g/mol. The van der Waals surface area contributed by atoms with Crippen LogP contribution in [0.1, 0.15) is 26.2 Å². The van der Waals surface area contributed by atoms with Gasteiger partial charge >= 0.3 is 0 Å². The fourth-order valence-electron chi connectivity index (χ4n) is 1.35. The van der Waals surface area contributed by atoms with Crippen LogP contribution >= 0.6 is 0 Å². The van der Waals surface area contributed by atoms with Crippen molar-refractivity contribution in [1.29, 1.82) is 0 Å². The fraction of sp³-hybridized carbons (Fsp3) is 0.417. The molecule has 3 heteroatoms. The fourth-order valence-corrected chi connectivity index (χ4v) is 1.35. The minimum absolute atomic E-state index is 0.0528. The zero-order valence-electron chi connectivity index (χ0n) is 8.87. The van der Waals surface area contributed by atoms with E-state index in [9.17, 15) is 9.18 Å². The van der Waals surface area contributed by atoms with Crippen LogP contribution in [0.25, 0.3) is 0 Å². The lowest BCUT2D eigenvalue weighted by Gasteiger charge is -2.07. The van der Waals surface area contributed by atoms with Gasteiger partial charge in [-0.3, -0.25) is 4.79 Å². The molecule has 0 unspecified atom stereocenters. The maximum Gasteiger partial charge on any atom is 0.227 e. The SMILES string of the molecule is CCC[C@H](F)CC(=O)Nc1ccccc1. The summed E-state index contributed by atoms with van der Waals surface area (Å²) in [6, 6.07) is 9.09. The molecule has 0 heterocycles. The van der Waals surface area contributed by atoms with E-state index in [-0.39, 0.29) is 12.3 Å². The molecule has 1 rings (SSSR count). The summed E-state index contributed by atoms with van der Waals surface area (Å²) in [5.41, 5.74) is 0.714. The first-order valence-electron chi connectivity index (χ1n) is 5.21. The molecule has 82 valence electrons. The van der Waals surface area contributed by atoms with Crippen LogP contribution < -0.4 is 5.32 Å². The highest BCUT2D eigenvalue weighted by Gasteiger charge is 2.11. The molecule has 0 aliphatic rings. The molecule has 1 atom stereocenters. The van der Waals surface area contributed by atoms with Crippen molar-refractivity contribution in [2.45, 2.75) is 32.4 Å². The molecular formula is C12H16FNO. The molecule has 2 nitrogen and oxygen atoms in total. The van der Waals surface area contributed by atoms with Crippen LogP contribution in [-0.4, -0.2) is 12.1 Å². The lowest BCUT2D eigenvalue weighted by atomic mass is 10.1. The van der Waals surface area contributed by atoms with E-state index in [1.165, 1.54) is 0 Å². The van der Waals surface area contributed by atoms with Gasteiger partial charge in [0.1, 0.15) is 6.17 Å². The van der Waals surface area contributed by atoms with Crippen molar-refractivity contribution in [3.63, 3.8) is 0 Å². The van der Waals surface area contributed by atoms with E-state index >= 15 is 0 Å². The number of anilines is 1. The van der Waals surface area contributed by atoms with Gasteiger partial charge < -0.3 is 5.32 Å². The number of nitrogens with one attached hydrogen (secondary N) is 1. The number of rotatable bonds is 5. The van der Waals surface area contributed by atoms with Gasteiger partial charge in [0.05, 0.1) is 6.42 Å². The number of benzene rings is 1. The van der Waals surface area contributed by atoms with Crippen LogP contribution in [0, 0.1) is 0 Å². The van der Waals surface area contributed by atoms with E-state index < -0.39 is 6.17 Å². The van der Waals surface area contributed by atoms with Crippen molar-refractivity contribution in [3.05, 3.63) is 30.3 Å². The molecule has 1 N–H and O–H groups in total. The molecule has 0 saturated carbocycles. The zero-order chi connectivity index (χ0) is 11.1. The zero-order valence-corrected chi connectivity index (χ0v) is 8.87. The summed E-state index contributed by atoms with van der Waals surface area (Å²) < 4.78 is 13.1. The van der Waals surface area contributed by atoms with E-state index in [4.69, 9.17) is 0 Å². The summed E-state index contributed by atoms with van der Waals surface area (Å²) in [5.74, 6) is -0.262. The largest absolute Gasteiger partial charge is 0.326 e. The maximum atomic E-state index is 13.1. The maximum absolute atomic E-state index is 13.1. The number of carbonyl (C=O) groups is 1. The van der Waals surface area contributed by atoms with Gasteiger partial charge in [0.2, 0.25) is 5.91 Å². The van der Waals surface area contributed by atoms with E-state index in [2.05, 4.69) is 5.32 Å². The van der Waals surface area contributed by atoms with Crippen LogP contribution in [-0.2, 0) is 4.79 Å². The summed E-state index contributed by atoms with van der Waals surface area (Å²) in [5, 5.41) is 2.65. The Morgan fingerprint density at radius 3 is 2.67 bits per heavy atom. The van der Waals surface area contributed by atoms with Crippen LogP contribution in [0.15, 0.2) is 30.3 Å². The Morgan fingerprint density at radius 1 is 1.40 bits per heavy atom. The van der Waals surface area contributed by atoms with Gasteiger partial charge in [-0.1, -0.05) is 31.5 Å². The molecule has 0 aromatic heterocycles. The minimum Gasteiger partial charge on any atom is -0.326 e. The van der Waals surface area contributed by atoms with Gasteiger partial charge in [-0.25, -0.2) is 4.39 Å². The standard InChI is InChI=1S/C12H16FNO/c1-2-6-10(13)9-12(15)14-11-7-4-3-5-8-11/h3-5,7-8,10H,2,6,9H2,1H3,(H,14,15)/t10-/m0/s1. The van der Waals surface area contributed by atoms with Crippen molar-refractivity contribution in [2.24, 2.45) is 0 Å². The van der Waals surface area contributed by atoms with Gasteiger partial charge in [-0.05, 0) is 18.6 Å². The third-order valence-corrected chi connectivity index (χ3v) is 2.07. The Bertz CT molecular complexity index is 300. The Balaban J connectivity index is 2.36. The van der Waals surface area contributed by atoms with Crippen LogP contribution in [0.4, 0.5) is 10.1 Å². The predicted molar refractivity (Wildman–Crippen MR) is 59.5 cm³/mol. The van der Waals surface area contributed by atoms with Gasteiger partial charge in [-0.2, -0.15) is 0 Å². The quantitative estimate of drug-likeness (QED) is 0.793. The predicted octanol–water partition coefficient (Wildman–Crippen LogP) is 3.15. The highest BCUT2D eigenvalue weighted by atomic mass is 19.1. The first-order valence-corrected chi connectivity index (χ1v) is 5.21. The third-order valence-electron chi connectivity index (χ3n) is 2.07. The minimum atomic E-state index is -1.03. The first kappa shape index (κ1) is 11.7. The molecule has 0 bridgehead atoms. The molecule has 0 aliphatic carbocycles.